The maximum atomic E-state index is 13.2. The molecule has 0 bridgehead atoms. The number of imidazole rings is 1. The first kappa shape index (κ1) is 27.6. The number of nitrogens with zero attached hydrogens (tertiary/aromatic N) is 4. The summed E-state index contributed by atoms with van der Waals surface area (Å²) in [4.78, 5) is 46.7. The van der Waals surface area contributed by atoms with Crippen LogP contribution in [-0.2, 0) is 15.8 Å². The van der Waals surface area contributed by atoms with Gasteiger partial charge >= 0.3 is 6.18 Å². The number of benzene rings is 1. The molecule has 13 heteroatoms. The van der Waals surface area contributed by atoms with E-state index in [1.54, 1.807) is 28.5 Å². The molecule has 1 aliphatic heterocycles. The van der Waals surface area contributed by atoms with Crippen LogP contribution in [0.1, 0.15) is 48.3 Å². The number of hydrogen-bond donors (Lipinski definition) is 2. The van der Waals surface area contributed by atoms with Crippen LogP contribution in [0.2, 0.25) is 0 Å². The number of ether oxygens (including phenoxy) is 1. The number of hydrogen-bond acceptors (Lipinski definition) is 6. The molecule has 1 fully saturated rings. The van der Waals surface area contributed by atoms with Gasteiger partial charge in [-0.05, 0) is 56.5 Å². The quantitative estimate of drug-likeness (QED) is 0.320. The lowest BCUT2D eigenvalue weighted by Gasteiger charge is -2.26. The van der Waals surface area contributed by atoms with Crippen LogP contribution in [0.3, 0.4) is 0 Å². The summed E-state index contributed by atoms with van der Waals surface area (Å²) in [5.41, 5.74) is -0.320. The smallest absolute Gasteiger partial charge is 0.433 e. The number of carbonyl (C=O) groups is 3. The Labute approximate surface area is 221 Å². The van der Waals surface area contributed by atoms with Crippen LogP contribution < -0.4 is 15.4 Å². The Hall–Kier alpha value is -4.42. The Morgan fingerprint density at radius 1 is 1.26 bits per heavy atom. The largest absolute Gasteiger partial charge is 0.492 e. The van der Waals surface area contributed by atoms with Crippen molar-refractivity contribution < 1.29 is 32.3 Å². The van der Waals surface area contributed by atoms with Crippen LogP contribution in [0.4, 0.5) is 24.8 Å². The van der Waals surface area contributed by atoms with Gasteiger partial charge < -0.3 is 19.5 Å². The Morgan fingerprint density at radius 2 is 2.05 bits per heavy atom. The van der Waals surface area contributed by atoms with Gasteiger partial charge in [0.25, 0.3) is 5.91 Å². The highest BCUT2D eigenvalue weighted by Crippen LogP contribution is 2.39. The SMILES string of the molecule is C=CC(=O)N1CCCCC(n2c(NC(=O)c3ccnc(C(F)(F)F)c3)nc3ccc(OCC)c(NC=O)c32)C1. The molecule has 4 rings (SSSR count). The minimum atomic E-state index is -4.73. The molecule has 1 aromatic carbocycles. The molecule has 0 aliphatic carbocycles. The van der Waals surface area contributed by atoms with E-state index < -0.39 is 23.8 Å². The van der Waals surface area contributed by atoms with Crippen LogP contribution in [0.5, 0.6) is 5.75 Å². The van der Waals surface area contributed by atoms with Gasteiger partial charge in [0.05, 0.1) is 23.7 Å². The van der Waals surface area contributed by atoms with Crippen molar-refractivity contribution in [3.63, 3.8) is 0 Å². The third-order valence-electron chi connectivity index (χ3n) is 6.35. The van der Waals surface area contributed by atoms with Crippen LogP contribution in [0, 0.1) is 0 Å². The van der Waals surface area contributed by atoms with E-state index in [1.807, 2.05) is 0 Å². The van der Waals surface area contributed by atoms with Crippen LogP contribution >= 0.6 is 0 Å². The Bertz CT molecular complexity index is 1400. The van der Waals surface area contributed by atoms with E-state index in [9.17, 15) is 27.6 Å². The molecule has 2 aromatic heterocycles. The zero-order valence-corrected chi connectivity index (χ0v) is 21.1. The summed E-state index contributed by atoms with van der Waals surface area (Å²) in [7, 11) is 0. The van der Waals surface area contributed by atoms with Crippen molar-refractivity contribution in [1.82, 2.24) is 19.4 Å². The molecule has 3 amide bonds. The maximum absolute atomic E-state index is 13.2. The lowest BCUT2D eigenvalue weighted by atomic mass is 10.1. The van der Waals surface area contributed by atoms with E-state index in [1.165, 1.54) is 12.1 Å². The van der Waals surface area contributed by atoms with Crippen molar-refractivity contribution >= 4 is 40.9 Å². The summed E-state index contributed by atoms with van der Waals surface area (Å²) in [6.45, 7) is 6.43. The van der Waals surface area contributed by atoms with Gasteiger partial charge in [0.2, 0.25) is 18.3 Å². The fraction of sp³-hybridized carbons (Fsp3) is 0.346. The van der Waals surface area contributed by atoms with Gasteiger partial charge in [-0.3, -0.25) is 24.7 Å². The lowest BCUT2D eigenvalue weighted by molar-refractivity contribution is -0.141. The van der Waals surface area contributed by atoms with Crippen molar-refractivity contribution in [2.24, 2.45) is 0 Å². The van der Waals surface area contributed by atoms with Crippen molar-refractivity contribution in [3.8, 4) is 5.75 Å². The van der Waals surface area contributed by atoms with Crippen LogP contribution in [-0.4, -0.2) is 57.4 Å². The topological polar surface area (TPSA) is 118 Å². The van der Waals surface area contributed by atoms with Crippen LogP contribution in [0.15, 0.2) is 43.1 Å². The predicted octanol–water partition coefficient (Wildman–Crippen LogP) is 4.41. The van der Waals surface area contributed by atoms with Crippen LogP contribution in [0.25, 0.3) is 11.0 Å². The summed E-state index contributed by atoms with van der Waals surface area (Å²) in [5.74, 6) is -0.676. The summed E-state index contributed by atoms with van der Waals surface area (Å²) in [6, 6.07) is 4.70. The van der Waals surface area contributed by atoms with Gasteiger partial charge in [0.1, 0.15) is 17.1 Å². The molecule has 39 heavy (non-hydrogen) atoms. The van der Waals surface area contributed by atoms with E-state index in [-0.39, 0.29) is 24.0 Å². The van der Waals surface area contributed by atoms with Gasteiger partial charge in [0, 0.05) is 24.8 Å². The highest BCUT2D eigenvalue weighted by atomic mass is 19.4. The Balaban J connectivity index is 1.86. The molecule has 1 atom stereocenters. The predicted molar refractivity (Wildman–Crippen MR) is 137 cm³/mol. The molecule has 0 radical (unpaired) electrons. The summed E-state index contributed by atoms with van der Waals surface area (Å²) >= 11 is 0. The second kappa shape index (κ2) is 11.5. The minimum absolute atomic E-state index is 0.0425. The number of likely N-dealkylation sites (tertiary alicyclic amines) is 1. The fourth-order valence-corrected chi connectivity index (χ4v) is 4.65. The molecule has 3 aromatic rings. The fourth-order valence-electron chi connectivity index (χ4n) is 4.65. The molecule has 10 nitrogen and oxygen atoms in total. The van der Waals surface area contributed by atoms with E-state index in [0.29, 0.717) is 54.5 Å². The number of pyridine rings is 1. The number of amides is 3. The van der Waals surface area contributed by atoms with E-state index in [4.69, 9.17) is 4.74 Å². The third kappa shape index (κ3) is 5.86. The van der Waals surface area contributed by atoms with E-state index >= 15 is 0 Å². The van der Waals surface area contributed by atoms with Crippen molar-refractivity contribution in [2.75, 3.05) is 30.3 Å². The Kier molecular flexibility index (Phi) is 8.17. The first-order valence-corrected chi connectivity index (χ1v) is 12.3. The normalized spacial score (nSPS) is 15.9. The van der Waals surface area contributed by atoms with Crippen molar-refractivity contribution in [1.29, 1.82) is 0 Å². The monoisotopic (exact) mass is 544 g/mol. The number of halogens is 3. The number of anilines is 2. The average Bonchev–Trinajstić information content (AvgIpc) is 3.10. The van der Waals surface area contributed by atoms with Crippen molar-refractivity contribution in [2.45, 2.75) is 38.4 Å². The zero-order chi connectivity index (χ0) is 28.2. The van der Waals surface area contributed by atoms with Gasteiger partial charge in [-0.1, -0.05) is 6.58 Å². The number of aromatic nitrogens is 3. The highest BCUT2D eigenvalue weighted by Gasteiger charge is 2.33. The zero-order valence-electron chi connectivity index (χ0n) is 21.1. The number of carbonyl (C=O) groups excluding carboxylic acids is 3. The molecule has 0 spiro atoms. The molecule has 206 valence electrons. The first-order chi connectivity index (χ1) is 18.7. The molecule has 3 heterocycles. The molecule has 1 saturated heterocycles. The maximum Gasteiger partial charge on any atom is 0.433 e. The minimum Gasteiger partial charge on any atom is -0.492 e. The van der Waals surface area contributed by atoms with Gasteiger partial charge in [-0.2, -0.15) is 13.2 Å². The standard InChI is InChI=1S/C26H27F3N6O4/c1-3-21(37)34-12-6-5-7-17(14-34)35-23-18(8-9-19(39-4-2)22(23)31-15-36)32-25(35)33-24(38)16-10-11-30-20(13-16)26(27,28)29/h3,8-11,13,15,17H,1,4-7,12,14H2,2H3,(H,31,36)(H,32,33,38). The average molecular weight is 545 g/mol. The lowest BCUT2D eigenvalue weighted by Crippen LogP contribution is -2.34. The summed E-state index contributed by atoms with van der Waals surface area (Å²) in [6.07, 6.45) is -0.0112. The molecule has 0 saturated carbocycles. The van der Waals surface area contributed by atoms with E-state index in [0.717, 1.165) is 19.0 Å². The highest BCUT2D eigenvalue weighted by molar-refractivity contribution is 6.05. The third-order valence-corrected chi connectivity index (χ3v) is 6.35. The molecule has 1 aliphatic rings. The molecule has 1 unspecified atom stereocenters. The van der Waals surface area contributed by atoms with Gasteiger partial charge in [-0.15, -0.1) is 0 Å². The second-order valence-corrected chi connectivity index (χ2v) is 8.83. The Morgan fingerprint density at radius 3 is 2.74 bits per heavy atom. The number of fused-ring (bicyclic) bond motifs is 1. The number of rotatable bonds is 8. The first-order valence-electron chi connectivity index (χ1n) is 12.3. The van der Waals surface area contributed by atoms with Crippen molar-refractivity contribution in [3.05, 3.63) is 54.4 Å². The van der Waals surface area contributed by atoms with Gasteiger partial charge in [-0.25, -0.2) is 4.98 Å². The molecular weight excluding hydrogens is 517 g/mol. The van der Waals surface area contributed by atoms with Gasteiger partial charge in [0.15, 0.2) is 0 Å². The number of nitrogens with one attached hydrogen (secondary N) is 2. The molecule has 2 N–H and O–H groups in total. The second-order valence-electron chi connectivity index (χ2n) is 8.83. The summed E-state index contributed by atoms with van der Waals surface area (Å²) in [5, 5.41) is 5.29. The van der Waals surface area contributed by atoms with E-state index in [2.05, 4.69) is 27.2 Å². The summed E-state index contributed by atoms with van der Waals surface area (Å²) < 4.78 is 47.0. The molecular formula is C26H27F3N6O4. The number of alkyl halides is 3.